The van der Waals surface area contributed by atoms with Crippen molar-refractivity contribution in [2.75, 3.05) is 20.2 Å². The molecule has 2 aromatic rings. The highest BCUT2D eigenvalue weighted by atomic mass is 16.5. The first-order chi connectivity index (χ1) is 13.6. The molecule has 2 bridgehead atoms. The second kappa shape index (κ2) is 7.63. The molecule has 0 spiro atoms. The number of rotatable bonds is 3. The number of carbonyl (C=O) groups is 1. The lowest BCUT2D eigenvalue weighted by Crippen LogP contribution is -2.38. The van der Waals surface area contributed by atoms with E-state index in [0.717, 1.165) is 57.4 Å². The minimum atomic E-state index is -0.411. The Morgan fingerprint density at radius 3 is 2.89 bits per heavy atom. The highest BCUT2D eigenvalue weighted by Gasteiger charge is 2.43. The Hall–Kier alpha value is -2.27. The maximum atomic E-state index is 11.5. The predicted molar refractivity (Wildman–Crippen MR) is 110 cm³/mol. The zero-order valence-corrected chi connectivity index (χ0v) is 16.9. The number of carbonyl (C=O) groups excluding carboxylic acids is 1. The number of aliphatic hydroxyl groups excluding tert-OH is 1. The molecule has 2 aliphatic heterocycles. The number of fused-ring (bicyclic) bond motifs is 4. The largest absolute Gasteiger partial charge is 0.466 e. The Morgan fingerprint density at radius 1 is 1.29 bits per heavy atom. The van der Waals surface area contributed by atoms with Crippen molar-refractivity contribution >= 4 is 16.9 Å². The van der Waals surface area contributed by atoms with Gasteiger partial charge in [0.25, 0.3) is 0 Å². The first kappa shape index (κ1) is 19.1. The zero-order chi connectivity index (χ0) is 19.7. The highest BCUT2D eigenvalue weighted by Crippen LogP contribution is 2.51. The molecule has 0 saturated carbocycles. The number of hydrogen-bond acceptors (Lipinski definition) is 4. The first-order valence-electron chi connectivity index (χ1n) is 10.4. The average molecular weight is 383 g/mol. The molecular formula is C23H30N2O3. The zero-order valence-electron chi connectivity index (χ0n) is 16.9. The van der Waals surface area contributed by atoms with E-state index >= 15 is 0 Å². The lowest BCUT2D eigenvalue weighted by Gasteiger charge is -2.43. The van der Waals surface area contributed by atoms with Crippen molar-refractivity contribution in [3.05, 3.63) is 47.8 Å². The number of esters is 1. The molecule has 0 fully saturated rings. The number of methoxy groups -OCH3 is 1. The van der Waals surface area contributed by atoms with Crippen molar-refractivity contribution in [1.82, 2.24) is 9.47 Å². The molecule has 5 nitrogen and oxygen atoms in total. The molecule has 2 aliphatic rings. The van der Waals surface area contributed by atoms with E-state index < -0.39 is 6.10 Å². The Bertz CT molecular complexity index is 901. The maximum absolute atomic E-state index is 11.5. The summed E-state index contributed by atoms with van der Waals surface area (Å²) in [5, 5.41) is 12.8. The van der Waals surface area contributed by atoms with Crippen LogP contribution in [0.4, 0.5) is 0 Å². The third kappa shape index (κ3) is 3.12. The van der Waals surface area contributed by atoms with Crippen molar-refractivity contribution in [3.8, 4) is 0 Å². The summed E-state index contributed by atoms with van der Waals surface area (Å²) in [4.78, 5) is 13.8. The van der Waals surface area contributed by atoms with Crippen molar-refractivity contribution in [2.45, 2.75) is 51.7 Å². The third-order valence-corrected chi connectivity index (χ3v) is 6.89. The van der Waals surface area contributed by atoms with Crippen LogP contribution in [-0.2, 0) is 22.5 Å². The third-order valence-electron chi connectivity index (χ3n) is 6.89. The lowest BCUT2D eigenvalue weighted by molar-refractivity contribution is -0.134. The minimum absolute atomic E-state index is 0.0613. The lowest BCUT2D eigenvalue weighted by atomic mass is 9.69. The molecular weight excluding hydrogens is 352 g/mol. The predicted octanol–water partition coefficient (Wildman–Crippen LogP) is 3.80. The van der Waals surface area contributed by atoms with E-state index in [1.165, 1.54) is 29.7 Å². The van der Waals surface area contributed by atoms with E-state index in [-0.39, 0.29) is 11.4 Å². The number of benzene rings is 1. The molecule has 5 heteroatoms. The summed E-state index contributed by atoms with van der Waals surface area (Å²) >= 11 is 0. The van der Waals surface area contributed by atoms with E-state index in [1.807, 2.05) is 6.20 Å². The van der Waals surface area contributed by atoms with Crippen LogP contribution in [0.3, 0.4) is 0 Å². The van der Waals surface area contributed by atoms with Gasteiger partial charge in [-0.2, -0.15) is 0 Å². The van der Waals surface area contributed by atoms with Gasteiger partial charge in [0.15, 0.2) is 0 Å². The van der Waals surface area contributed by atoms with Crippen LogP contribution >= 0.6 is 0 Å². The number of ether oxygens (including phenoxy) is 1. The van der Waals surface area contributed by atoms with Gasteiger partial charge in [-0.15, -0.1) is 0 Å². The smallest absolute Gasteiger partial charge is 0.331 e. The van der Waals surface area contributed by atoms with Crippen LogP contribution in [0.2, 0.25) is 0 Å². The Balaban J connectivity index is 1.78. The molecule has 0 saturated heterocycles. The van der Waals surface area contributed by atoms with Gasteiger partial charge in [-0.25, -0.2) is 4.79 Å². The fraction of sp³-hybridized carbons (Fsp3) is 0.522. The molecule has 1 aromatic heterocycles. The molecule has 2 unspecified atom stereocenters. The van der Waals surface area contributed by atoms with E-state index in [0.29, 0.717) is 0 Å². The monoisotopic (exact) mass is 382 g/mol. The molecule has 2 atom stereocenters. The van der Waals surface area contributed by atoms with Crippen LogP contribution in [-0.4, -0.2) is 40.7 Å². The van der Waals surface area contributed by atoms with E-state index in [2.05, 4.69) is 40.7 Å². The SMILES string of the molecule is CCC12CCCN(/C=C/C(=O)OC)CCc3c(n(c4ccccc34)CC1)C2O. The summed E-state index contributed by atoms with van der Waals surface area (Å²) in [6.07, 6.45) is 7.80. The topological polar surface area (TPSA) is 54.7 Å². The molecule has 0 aliphatic carbocycles. The van der Waals surface area contributed by atoms with Crippen molar-refractivity contribution in [2.24, 2.45) is 5.41 Å². The summed E-state index contributed by atoms with van der Waals surface area (Å²) in [7, 11) is 1.40. The van der Waals surface area contributed by atoms with Crippen LogP contribution in [0.25, 0.3) is 10.9 Å². The van der Waals surface area contributed by atoms with Gasteiger partial charge in [0.05, 0.1) is 18.9 Å². The van der Waals surface area contributed by atoms with Gasteiger partial charge < -0.3 is 19.3 Å². The highest BCUT2D eigenvalue weighted by molar-refractivity contribution is 5.86. The summed E-state index contributed by atoms with van der Waals surface area (Å²) < 4.78 is 7.09. The van der Waals surface area contributed by atoms with Gasteiger partial charge in [0, 0.05) is 48.2 Å². The van der Waals surface area contributed by atoms with Gasteiger partial charge in [-0.3, -0.25) is 0 Å². The van der Waals surface area contributed by atoms with Gasteiger partial charge in [-0.1, -0.05) is 25.1 Å². The maximum Gasteiger partial charge on any atom is 0.331 e. The molecule has 3 heterocycles. The quantitative estimate of drug-likeness (QED) is 0.648. The minimum Gasteiger partial charge on any atom is -0.466 e. The number of nitrogens with zero attached hydrogens (tertiary/aromatic N) is 2. The van der Waals surface area contributed by atoms with Crippen molar-refractivity contribution in [3.63, 3.8) is 0 Å². The first-order valence-corrected chi connectivity index (χ1v) is 10.4. The van der Waals surface area contributed by atoms with Crippen LogP contribution in [0.15, 0.2) is 36.5 Å². The summed E-state index contributed by atoms with van der Waals surface area (Å²) in [6, 6.07) is 8.51. The molecule has 1 N–H and O–H groups in total. The second-order valence-electron chi connectivity index (χ2n) is 8.13. The second-order valence-corrected chi connectivity index (χ2v) is 8.13. The van der Waals surface area contributed by atoms with Gasteiger partial charge in [0.2, 0.25) is 0 Å². The summed E-state index contributed by atoms with van der Waals surface area (Å²) in [5.74, 6) is -0.325. The Labute approximate surface area is 166 Å². The Kier molecular flexibility index (Phi) is 5.19. The number of para-hydroxylation sites is 1. The van der Waals surface area contributed by atoms with Gasteiger partial charge in [0.1, 0.15) is 0 Å². The fourth-order valence-corrected chi connectivity index (χ4v) is 5.17. The van der Waals surface area contributed by atoms with Crippen LogP contribution in [0, 0.1) is 5.41 Å². The fourth-order valence-electron chi connectivity index (χ4n) is 5.17. The van der Waals surface area contributed by atoms with Gasteiger partial charge >= 0.3 is 5.97 Å². The molecule has 150 valence electrons. The average Bonchev–Trinajstić information content (AvgIpc) is 3.05. The van der Waals surface area contributed by atoms with E-state index in [4.69, 9.17) is 4.74 Å². The molecule has 4 rings (SSSR count). The molecule has 28 heavy (non-hydrogen) atoms. The normalized spacial score (nSPS) is 25.2. The molecule has 0 amide bonds. The number of hydrogen-bond donors (Lipinski definition) is 1. The van der Waals surface area contributed by atoms with E-state index in [1.54, 1.807) is 0 Å². The van der Waals surface area contributed by atoms with Crippen LogP contribution in [0.5, 0.6) is 0 Å². The Morgan fingerprint density at radius 2 is 2.11 bits per heavy atom. The van der Waals surface area contributed by atoms with E-state index in [9.17, 15) is 9.90 Å². The van der Waals surface area contributed by atoms with Gasteiger partial charge in [-0.05, 0) is 43.7 Å². The van der Waals surface area contributed by atoms with Crippen molar-refractivity contribution in [1.29, 1.82) is 0 Å². The number of aromatic nitrogens is 1. The van der Waals surface area contributed by atoms with Crippen LogP contribution in [0.1, 0.15) is 50.0 Å². The van der Waals surface area contributed by atoms with Crippen LogP contribution < -0.4 is 0 Å². The van der Waals surface area contributed by atoms with Crippen molar-refractivity contribution < 1.29 is 14.6 Å². The molecule has 0 radical (unpaired) electrons. The number of aryl methyl sites for hydroxylation is 1. The summed E-state index contributed by atoms with van der Waals surface area (Å²) in [5.41, 5.74) is 3.55. The molecule has 1 aromatic carbocycles. The number of aliphatic hydroxyl groups is 1. The summed E-state index contributed by atoms with van der Waals surface area (Å²) in [6.45, 7) is 4.89. The standard InChI is InChI=1S/C23H30N2O3/c1-3-23-11-6-13-24(15-10-20(26)28-2)14-9-18-17-7-4-5-8-19(17)25(16-12-23)21(18)22(23)27/h4-5,7-8,10,15,22,27H,3,6,9,11-14,16H2,1-2H3/b15-10+.